The summed E-state index contributed by atoms with van der Waals surface area (Å²) in [6, 6.07) is 8.54. The number of rotatable bonds is 6. The number of fused-ring (bicyclic) bond motifs is 1. The molecule has 1 N–H and O–H groups in total. The lowest BCUT2D eigenvalue weighted by atomic mass is 9.88. The van der Waals surface area contributed by atoms with Gasteiger partial charge in [0.2, 0.25) is 0 Å². The number of ether oxygens (including phenoxy) is 1. The lowest BCUT2D eigenvalue weighted by Gasteiger charge is -2.22. The van der Waals surface area contributed by atoms with E-state index in [-0.39, 0.29) is 27.3 Å². The van der Waals surface area contributed by atoms with Crippen molar-refractivity contribution in [2.75, 3.05) is 0 Å². The van der Waals surface area contributed by atoms with Gasteiger partial charge in [-0.3, -0.25) is 4.79 Å². The molecule has 1 aliphatic carbocycles. The summed E-state index contributed by atoms with van der Waals surface area (Å²) in [6.07, 6.45) is 5.63. The highest BCUT2D eigenvalue weighted by atomic mass is 79.9. The van der Waals surface area contributed by atoms with E-state index < -0.39 is 12.1 Å². The second-order valence-corrected chi connectivity index (χ2v) is 9.97. The van der Waals surface area contributed by atoms with Crippen LogP contribution in [0.2, 0.25) is 10.0 Å². The summed E-state index contributed by atoms with van der Waals surface area (Å²) < 4.78 is 7.50. The Hall–Kier alpha value is -2.42. The van der Waals surface area contributed by atoms with Crippen LogP contribution in [-0.2, 0) is 4.79 Å². The molecule has 1 aliphatic rings. The Labute approximate surface area is 214 Å². The third kappa shape index (κ3) is 5.29. The molecule has 0 radical (unpaired) electrons. The second-order valence-electron chi connectivity index (χ2n) is 8.24. The molecule has 178 valence electrons. The molecule has 0 aliphatic heterocycles. The summed E-state index contributed by atoms with van der Waals surface area (Å²) in [5.74, 6) is -0.272. The van der Waals surface area contributed by atoms with Gasteiger partial charge >= 0.3 is 5.97 Å². The average molecular weight is 567 g/mol. The molecule has 1 heterocycles. The van der Waals surface area contributed by atoms with Gasteiger partial charge in [-0.2, -0.15) is 9.78 Å². The first-order chi connectivity index (χ1) is 16.2. The number of carboxylic acid groups (broad SMARTS) is 1. The van der Waals surface area contributed by atoms with Crippen LogP contribution in [-0.4, -0.2) is 33.1 Å². The van der Waals surface area contributed by atoms with Gasteiger partial charge in [0.1, 0.15) is 5.82 Å². The van der Waals surface area contributed by atoms with Gasteiger partial charge in [0.15, 0.2) is 11.9 Å². The number of aliphatic carboxylic acids is 1. The summed E-state index contributed by atoms with van der Waals surface area (Å²) in [5, 5.41) is 14.3. The van der Waals surface area contributed by atoms with E-state index in [1.165, 1.54) is 24.2 Å². The van der Waals surface area contributed by atoms with Gasteiger partial charge in [0.05, 0.1) is 27.2 Å². The Kier molecular flexibility index (Phi) is 7.60. The van der Waals surface area contributed by atoms with Crippen molar-refractivity contribution in [2.24, 2.45) is 5.10 Å². The molecule has 1 fully saturated rings. The van der Waals surface area contributed by atoms with Crippen LogP contribution >= 0.6 is 39.1 Å². The maximum Gasteiger partial charge on any atom is 0.344 e. The molecule has 0 spiro atoms. The number of hydrogen-bond donors (Lipinski definition) is 1. The van der Waals surface area contributed by atoms with E-state index in [1.807, 2.05) is 12.1 Å². The highest BCUT2D eigenvalue weighted by molar-refractivity contribution is 9.10. The van der Waals surface area contributed by atoms with Crippen LogP contribution in [0.1, 0.15) is 56.3 Å². The van der Waals surface area contributed by atoms with Crippen LogP contribution in [0.3, 0.4) is 0 Å². The zero-order chi connectivity index (χ0) is 24.4. The second kappa shape index (κ2) is 10.5. The van der Waals surface area contributed by atoms with Gasteiger partial charge in [-0.1, -0.05) is 58.4 Å². The molecule has 1 atom stereocenters. The van der Waals surface area contributed by atoms with Crippen LogP contribution in [0.5, 0.6) is 5.75 Å². The molecule has 10 heteroatoms. The van der Waals surface area contributed by atoms with E-state index in [9.17, 15) is 9.59 Å². The summed E-state index contributed by atoms with van der Waals surface area (Å²) in [5.41, 5.74) is 0.914. The third-order valence-electron chi connectivity index (χ3n) is 5.79. The minimum atomic E-state index is -1.14. The van der Waals surface area contributed by atoms with Crippen molar-refractivity contribution in [2.45, 2.75) is 51.0 Å². The van der Waals surface area contributed by atoms with Crippen molar-refractivity contribution < 1.29 is 14.6 Å². The molecule has 0 unspecified atom stereocenters. The molecule has 0 saturated heterocycles. The zero-order valence-electron chi connectivity index (χ0n) is 18.3. The number of carbonyl (C=O) groups is 1. The monoisotopic (exact) mass is 565 g/mol. The normalized spacial score (nSPS) is 15.6. The largest absolute Gasteiger partial charge is 0.479 e. The molecule has 0 bridgehead atoms. The number of hydrogen-bond acceptors (Lipinski definition) is 5. The first-order valence-electron chi connectivity index (χ1n) is 10.9. The Morgan fingerprint density at radius 1 is 1.24 bits per heavy atom. The molecule has 2 aromatic carbocycles. The van der Waals surface area contributed by atoms with E-state index in [0.29, 0.717) is 22.3 Å². The fourth-order valence-corrected chi connectivity index (χ4v) is 4.97. The summed E-state index contributed by atoms with van der Waals surface area (Å²) in [4.78, 5) is 29.3. The van der Waals surface area contributed by atoms with Gasteiger partial charge in [-0.25, -0.2) is 9.78 Å². The van der Waals surface area contributed by atoms with Gasteiger partial charge < -0.3 is 9.84 Å². The van der Waals surface area contributed by atoms with Crippen molar-refractivity contribution in [3.63, 3.8) is 0 Å². The van der Waals surface area contributed by atoms with Crippen molar-refractivity contribution in [1.82, 2.24) is 9.66 Å². The Balaban J connectivity index is 1.76. The highest BCUT2D eigenvalue weighted by Gasteiger charge is 2.23. The molecule has 1 aromatic heterocycles. The predicted octanol–water partition coefficient (Wildman–Crippen LogP) is 6.25. The number of nitrogens with zero attached hydrogens (tertiary/aromatic N) is 3. The minimum Gasteiger partial charge on any atom is -0.479 e. The van der Waals surface area contributed by atoms with Crippen LogP contribution in [0.15, 0.2) is 44.7 Å². The number of aromatic nitrogens is 2. The molecule has 7 nitrogen and oxygen atoms in total. The Bertz CT molecular complexity index is 1310. The van der Waals surface area contributed by atoms with E-state index in [1.54, 1.807) is 18.2 Å². The number of carboxylic acids is 1. The lowest BCUT2D eigenvalue weighted by Crippen LogP contribution is -2.25. The molecule has 3 aromatic rings. The van der Waals surface area contributed by atoms with Crippen LogP contribution in [0.4, 0.5) is 0 Å². The van der Waals surface area contributed by atoms with Crippen LogP contribution < -0.4 is 10.3 Å². The third-order valence-corrected chi connectivity index (χ3v) is 6.84. The number of halogens is 3. The molecule has 0 amide bonds. The predicted molar refractivity (Wildman–Crippen MR) is 137 cm³/mol. The van der Waals surface area contributed by atoms with E-state index in [2.05, 4.69) is 21.0 Å². The van der Waals surface area contributed by atoms with Gasteiger partial charge in [0.25, 0.3) is 5.56 Å². The van der Waals surface area contributed by atoms with E-state index in [0.717, 1.165) is 30.2 Å². The van der Waals surface area contributed by atoms with Crippen molar-refractivity contribution in [1.29, 1.82) is 0 Å². The van der Waals surface area contributed by atoms with E-state index >= 15 is 0 Å². The van der Waals surface area contributed by atoms with Crippen LogP contribution in [0, 0.1) is 0 Å². The Morgan fingerprint density at radius 2 is 1.91 bits per heavy atom. The average Bonchev–Trinajstić information content (AvgIpc) is 2.81. The summed E-state index contributed by atoms with van der Waals surface area (Å²) >= 11 is 16.0. The molecule has 4 rings (SSSR count). The molecular formula is C24H22BrCl2N3O4. The van der Waals surface area contributed by atoms with E-state index in [4.69, 9.17) is 38.0 Å². The highest BCUT2D eigenvalue weighted by Crippen LogP contribution is 2.35. The first kappa shape index (κ1) is 24.7. The van der Waals surface area contributed by atoms with Crippen LogP contribution in [0.25, 0.3) is 10.9 Å². The first-order valence-corrected chi connectivity index (χ1v) is 12.4. The van der Waals surface area contributed by atoms with Gasteiger partial charge in [-0.05, 0) is 55.7 Å². The minimum absolute atomic E-state index is 0.0765. The SMILES string of the molecule is C[C@H](Oc1c(Cl)cc(C=Nn2c(C3CCCCC3)nc3ccc(Br)cc3c2=O)cc1Cl)C(=O)O. The fraction of sp³-hybridized carbons (Fsp3) is 0.333. The summed E-state index contributed by atoms with van der Waals surface area (Å²) in [6.45, 7) is 1.38. The van der Waals surface area contributed by atoms with Crippen molar-refractivity contribution in [3.8, 4) is 5.75 Å². The zero-order valence-corrected chi connectivity index (χ0v) is 21.4. The maximum atomic E-state index is 13.4. The quantitative estimate of drug-likeness (QED) is 0.356. The molecular weight excluding hydrogens is 545 g/mol. The topological polar surface area (TPSA) is 93.8 Å². The van der Waals surface area contributed by atoms with Gasteiger partial charge in [-0.15, -0.1) is 0 Å². The smallest absolute Gasteiger partial charge is 0.344 e. The van der Waals surface area contributed by atoms with Gasteiger partial charge in [0, 0.05) is 10.4 Å². The molecule has 34 heavy (non-hydrogen) atoms. The van der Waals surface area contributed by atoms with Crippen molar-refractivity contribution in [3.05, 3.63) is 66.6 Å². The fourth-order valence-electron chi connectivity index (χ4n) is 4.02. The standard InChI is InChI=1S/C24H22BrCl2N3O4/c1-13(24(32)33)34-21-18(26)9-14(10-19(21)27)12-28-30-22(15-5-3-2-4-6-15)29-20-8-7-16(25)11-17(20)23(30)31/h7-13,15H,2-6H2,1H3,(H,32,33)/t13-/m0/s1. The summed E-state index contributed by atoms with van der Waals surface area (Å²) in [7, 11) is 0. The number of benzene rings is 2. The Morgan fingerprint density at radius 3 is 2.56 bits per heavy atom. The molecule has 1 saturated carbocycles. The van der Waals surface area contributed by atoms with Crippen molar-refractivity contribution >= 4 is 62.2 Å². The lowest BCUT2D eigenvalue weighted by molar-refractivity contribution is -0.144. The maximum absolute atomic E-state index is 13.4.